The predicted octanol–water partition coefficient (Wildman–Crippen LogP) is 1.91. The van der Waals surface area contributed by atoms with Gasteiger partial charge in [-0.1, -0.05) is 12.1 Å². The van der Waals surface area contributed by atoms with Gasteiger partial charge < -0.3 is 24.8 Å². The highest BCUT2D eigenvalue weighted by atomic mass is 16.5. The third-order valence-electron chi connectivity index (χ3n) is 4.46. The minimum Gasteiger partial charge on any atom is -0.493 e. The zero-order valence-electron chi connectivity index (χ0n) is 17.5. The van der Waals surface area contributed by atoms with E-state index in [1.165, 1.54) is 14.2 Å². The second-order valence-corrected chi connectivity index (χ2v) is 6.61. The molecule has 0 radical (unpaired) electrons. The summed E-state index contributed by atoms with van der Waals surface area (Å²) in [7, 11) is 3.07. The molecule has 0 aliphatic rings. The molecule has 0 bridgehead atoms. The molecular weight excluding hydrogens is 388 g/mol. The number of hydrogen-bond acceptors (Lipinski definition) is 6. The van der Waals surface area contributed by atoms with E-state index in [-0.39, 0.29) is 19.0 Å². The van der Waals surface area contributed by atoms with Gasteiger partial charge >= 0.3 is 5.97 Å². The zero-order chi connectivity index (χ0) is 22.1. The van der Waals surface area contributed by atoms with E-state index in [4.69, 9.17) is 14.2 Å². The molecule has 2 amide bonds. The third kappa shape index (κ3) is 6.51. The molecule has 2 rings (SSSR count). The average molecular weight is 414 g/mol. The van der Waals surface area contributed by atoms with Crippen LogP contribution in [0.1, 0.15) is 27.0 Å². The number of carbonyl (C=O) groups excluding carboxylic acids is 3. The lowest BCUT2D eigenvalue weighted by Crippen LogP contribution is -2.33. The maximum atomic E-state index is 12.1. The van der Waals surface area contributed by atoms with Gasteiger partial charge in [-0.05, 0) is 54.8 Å². The molecular formula is C22H26N2O6. The highest BCUT2D eigenvalue weighted by molar-refractivity contribution is 5.96. The molecule has 0 unspecified atom stereocenters. The highest BCUT2D eigenvalue weighted by Gasteiger charge is 2.12. The van der Waals surface area contributed by atoms with Crippen LogP contribution in [0.25, 0.3) is 0 Å². The molecule has 2 N–H and O–H groups in total. The van der Waals surface area contributed by atoms with Crippen molar-refractivity contribution in [2.45, 2.75) is 20.4 Å². The van der Waals surface area contributed by atoms with Crippen molar-refractivity contribution in [3.05, 3.63) is 58.7 Å². The van der Waals surface area contributed by atoms with Gasteiger partial charge in [0.1, 0.15) is 6.54 Å². The Labute approximate surface area is 175 Å². The molecule has 0 saturated heterocycles. The molecule has 0 heterocycles. The number of rotatable bonds is 9. The van der Waals surface area contributed by atoms with Crippen LogP contribution >= 0.6 is 0 Å². The van der Waals surface area contributed by atoms with Crippen LogP contribution in [0.15, 0.2) is 36.4 Å². The molecule has 0 saturated carbocycles. The van der Waals surface area contributed by atoms with E-state index < -0.39 is 18.5 Å². The number of nitrogens with one attached hydrogen (secondary N) is 2. The Morgan fingerprint density at radius 1 is 0.867 bits per heavy atom. The van der Waals surface area contributed by atoms with Gasteiger partial charge in [0.25, 0.3) is 11.8 Å². The van der Waals surface area contributed by atoms with Crippen molar-refractivity contribution >= 4 is 17.8 Å². The zero-order valence-corrected chi connectivity index (χ0v) is 17.5. The minimum absolute atomic E-state index is 0.236. The Hall–Kier alpha value is -3.55. The first-order valence-electron chi connectivity index (χ1n) is 9.32. The van der Waals surface area contributed by atoms with E-state index in [1.807, 2.05) is 19.9 Å². The Balaban J connectivity index is 1.73. The maximum Gasteiger partial charge on any atom is 0.325 e. The number of benzene rings is 2. The monoisotopic (exact) mass is 414 g/mol. The largest absolute Gasteiger partial charge is 0.493 e. The molecule has 2 aromatic carbocycles. The SMILES string of the molecule is COc1ccc(CNC(=O)COC(=O)CNC(=O)c2ccc(C)c(C)c2)cc1OC. The van der Waals surface area contributed by atoms with Gasteiger partial charge in [0.15, 0.2) is 18.1 Å². The molecule has 0 aliphatic heterocycles. The summed E-state index contributed by atoms with van der Waals surface area (Å²) in [4.78, 5) is 35.8. The molecule has 0 spiro atoms. The van der Waals surface area contributed by atoms with Crippen molar-refractivity contribution < 1.29 is 28.6 Å². The van der Waals surface area contributed by atoms with Gasteiger partial charge in [-0.15, -0.1) is 0 Å². The molecule has 0 atom stereocenters. The number of ether oxygens (including phenoxy) is 3. The lowest BCUT2D eigenvalue weighted by Gasteiger charge is -2.11. The third-order valence-corrected chi connectivity index (χ3v) is 4.46. The van der Waals surface area contributed by atoms with Crippen molar-refractivity contribution in [1.82, 2.24) is 10.6 Å². The van der Waals surface area contributed by atoms with Gasteiger partial charge in [0, 0.05) is 12.1 Å². The van der Waals surface area contributed by atoms with E-state index >= 15 is 0 Å². The Bertz CT molecular complexity index is 926. The highest BCUT2D eigenvalue weighted by Crippen LogP contribution is 2.27. The number of esters is 1. The van der Waals surface area contributed by atoms with E-state index in [1.54, 1.807) is 30.3 Å². The molecule has 160 valence electrons. The Morgan fingerprint density at radius 3 is 2.27 bits per heavy atom. The smallest absolute Gasteiger partial charge is 0.325 e. The molecule has 8 heteroatoms. The first kappa shape index (κ1) is 22.7. The molecule has 0 fully saturated rings. The van der Waals surface area contributed by atoms with E-state index in [0.717, 1.165) is 16.7 Å². The summed E-state index contributed by atoms with van der Waals surface area (Å²) in [5, 5.41) is 5.12. The van der Waals surface area contributed by atoms with Crippen molar-refractivity contribution in [2.75, 3.05) is 27.4 Å². The minimum atomic E-state index is -0.701. The number of carbonyl (C=O) groups is 3. The summed E-state index contributed by atoms with van der Waals surface area (Å²) < 4.78 is 15.3. The maximum absolute atomic E-state index is 12.1. The molecule has 30 heavy (non-hydrogen) atoms. The molecule has 0 aliphatic carbocycles. The number of methoxy groups -OCH3 is 2. The molecule has 0 aromatic heterocycles. The van der Waals surface area contributed by atoms with Crippen molar-refractivity contribution in [1.29, 1.82) is 0 Å². The first-order valence-corrected chi connectivity index (χ1v) is 9.32. The summed E-state index contributed by atoms with van der Waals surface area (Å²) in [5.74, 6) is -0.403. The molecule has 2 aromatic rings. The normalized spacial score (nSPS) is 10.1. The van der Waals surface area contributed by atoms with Gasteiger partial charge in [0.2, 0.25) is 0 Å². The first-order chi connectivity index (χ1) is 14.3. The lowest BCUT2D eigenvalue weighted by atomic mass is 10.1. The summed E-state index contributed by atoms with van der Waals surface area (Å²) in [6, 6.07) is 10.5. The van der Waals surface area contributed by atoms with Crippen LogP contribution in [-0.4, -0.2) is 45.2 Å². The topological polar surface area (TPSA) is 103 Å². The Kier molecular flexibility index (Phi) is 8.22. The fourth-order valence-electron chi connectivity index (χ4n) is 2.58. The van der Waals surface area contributed by atoms with Crippen LogP contribution in [0.2, 0.25) is 0 Å². The van der Waals surface area contributed by atoms with Crippen LogP contribution in [0.3, 0.4) is 0 Å². The van der Waals surface area contributed by atoms with Gasteiger partial charge in [0.05, 0.1) is 14.2 Å². The summed E-state index contributed by atoms with van der Waals surface area (Å²) in [6.45, 7) is 3.33. The van der Waals surface area contributed by atoms with Crippen LogP contribution < -0.4 is 20.1 Å². The fraction of sp³-hybridized carbons (Fsp3) is 0.318. The molecule has 8 nitrogen and oxygen atoms in total. The van der Waals surface area contributed by atoms with E-state index in [9.17, 15) is 14.4 Å². The number of hydrogen-bond donors (Lipinski definition) is 2. The van der Waals surface area contributed by atoms with Gasteiger partial charge in [-0.3, -0.25) is 14.4 Å². The lowest BCUT2D eigenvalue weighted by molar-refractivity contribution is -0.147. The quantitative estimate of drug-likeness (QED) is 0.608. The number of aryl methyl sites for hydroxylation is 2. The van der Waals surface area contributed by atoms with Crippen LogP contribution in [0, 0.1) is 13.8 Å². The standard InChI is InChI=1S/C22H26N2O6/c1-14-5-7-17(9-15(14)2)22(27)24-12-21(26)30-13-20(25)23-11-16-6-8-18(28-3)19(10-16)29-4/h5-10H,11-13H2,1-4H3,(H,23,25)(H,24,27). The summed E-state index contributed by atoms with van der Waals surface area (Å²) in [6.07, 6.45) is 0. The van der Waals surface area contributed by atoms with Crippen LogP contribution in [0.5, 0.6) is 11.5 Å². The predicted molar refractivity (Wildman–Crippen MR) is 111 cm³/mol. The number of amides is 2. The van der Waals surface area contributed by atoms with Crippen LogP contribution in [0.4, 0.5) is 0 Å². The second-order valence-electron chi connectivity index (χ2n) is 6.61. The average Bonchev–Trinajstić information content (AvgIpc) is 2.76. The van der Waals surface area contributed by atoms with E-state index in [2.05, 4.69) is 10.6 Å². The second kappa shape index (κ2) is 10.8. The van der Waals surface area contributed by atoms with E-state index in [0.29, 0.717) is 17.1 Å². The van der Waals surface area contributed by atoms with Crippen molar-refractivity contribution in [3.8, 4) is 11.5 Å². The van der Waals surface area contributed by atoms with Gasteiger partial charge in [-0.2, -0.15) is 0 Å². The van der Waals surface area contributed by atoms with Crippen LogP contribution in [-0.2, 0) is 20.9 Å². The summed E-state index contributed by atoms with van der Waals surface area (Å²) >= 11 is 0. The summed E-state index contributed by atoms with van der Waals surface area (Å²) in [5.41, 5.74) is 3.31. The van der Waals surface area contributed by atoms with Crippen molar-refractivity contribution in [2.24, 2.45) is 0 Å². The van der Waals surface area contributed by atoms with Crippen molar-refractivity contribution in [3.63, 3.8) is 0 Å². The Morgan fingerprint density at radius 2 is 1.60 bits per heavy atom. The van der Waals surface area contributed by atoms with Gasteiger partial charge in [-0.25, -0.2) is 0 Å². The fourth-order valence-corrected chi connectivity index (χ4v) is 2.58.